The standard InChI is InChI=1S/C18H19NO3/c1-11-6-2-4-8-13(11)17(20)19-16-14-9-5-3-7-12(14)10-15(16)22-18(19)21/h2-3,5-7,9,11,13,15-16H,4,8,10H2,1H3/t11-,13+,15+,16-/m0/s1. The monoisotopic (exact) mass is 297 g/mol. The van der Waals surface area contributed by atoms with Crippen LogP contribution in [-0.4, -0.2) is 23.0 Å². The number of rotatable bonds is 1. The van der Waals surface area contributed by atoms with Crippen LogP contribution in [0.25, 0.3) is 0 Å². The van der Waals surface area contributed by atoms with E-state index in [2.05, 4.69) is 18.2 Å². The highest BCUT2D eigenvalue weighted by molar-refractivity contribution is 5.95. The van der Waals surface area contributed by atoms with Crippen molar-refractivity contribution in [2.75, 3.05) is 0 Å². The number of nitrogens with zero attached hydrogens (tertiary/aromatic N) is 1. The van der Waals surface area contributed by atoms with Crippen LogP contribution in [0.3, 0.4) is 0 Å². The Bertz CT molecular complexity index is 666. The van der Waals surface area contributed by atoms with Crippen LogP contribution in [-0.2, 0) is 16.0 Å². The fourth-order valence-corrected chi connectivity index (χ4v) is 3.99. The van der Waals surface area contributed by atoms with Crippen molar-refractivity contribution in [2.45, 2.75) is 38.3 Å². The largest absolute Gasteiger partial charge is 0.443 e. The van der Waals surface area contributed by atoms with Crippen LogP contribution in [0.4, 0.5) is 4.79 Å². The van der Waals surface area contributed by atoms with E-state index in [4.69, 9.17) is 4.74 Å². The molecule has 114 valence electrons. The molecule has 1 aliphatic heterocycles. The average molecular weight is 297 g/mol. The van der Waals surface area contributed by atoms with Gasteiger partial charge in [0.05, 0.1) is 0 Å². The minimum atomic E-state index is -0.476. The molecule has 22 heavy (non-hydrogen) atoms. The lowest BCUT2D eigenvalue weighted by Gasteiger charge is -2.29. The Balaban J connectivity index is 1.68. The molecule has 0 radical (unpaired) electrons. The summed E-state index contributed by atoms with van der Waals surface area (Å²) in [5.74, 6) is -0.0279. The summed E-state index contributed by atoms with van der Waals surface area (Å²) in [6.07, 6.45) is 5.90. The summed E-state index contributed by atoms with van der Waals surface area (Å²) in [4.78, 5) is 26.6. The van der Waals surface area contributed by atoms with Crippen LogP contribution in [0.5, 0.6) is 0 Å². The van der Waals surface area contributed by atoms with Gasteiger partial charge in [-0.3, -0.25) is 4.79 Å². The molecule has 0 aromatic heterocycles. The Morgan fingerprint density at radius 1 is 1.32 bits per heavy atom. The Hall–Kier alpha value is -2.10. The predicted molar refractivity (Wildman–Crippen MR) is 81.0 cm³/mol. The van der Waals surface area contributed by atoms with Crippen LogP contribution in [0.2, 0.25) is 0 Å². The molecule has 0 bridgehead atoms. The van der Waals surface area contributed by atoms with Gasteiger partial charge in [0.15, 0.2) is 0 Å². The van der Waals surface area contributed by atoms with Crippen molar-refractivity contribution in [3.8, 4) is 0 Å². The lowest BCUT2D eigenvalue weighted by Crippen LogP contribution is -2.41. The number of benzene rings is 1. The van der Waals surface area contributed by atoms with Crippen LogP contribution < -0.4 is 0 Å². The van der Waals surface area contributed by atoms with Gasteiger partial charge in [-0.25, -0.2) is 9.69 Å². The molecule has 4 nitrogen and oxygen atoms in total. The topological polar surface area (TPSA) is 46.6 Å². The minimum absolute atomic E-state index is 0.0777. The quantitative estimate of drug-likeness (QED) is 0.748. The number of allylic oxidation sites excluding steroid dienone is 2. The van der Waals surface area contributed by atoms with E-state index in [0.29, 0.717) is 6.42 Å². The van der Waals surface area contributed by atoms with Crippen molar-refractivity contribution in [1.29, 1.82) is 0 Å². The summed E-state index contributed by atoms with van der Waals surface area (Å²) in [5.41, 5.74) is 2.24. The maximum atomic E-state index is 13.0. The molecule has 3 aliphatic rings. The normalized spacial score (nSPS) is 32.6. The van der Waals surface area contributed by atoms with E-state index < -0.39 is 6.09 Å². The Labute approximate surface area is 129 Å². The Morgan fingerprint density at radius 3 is 2.95 bits per heavy atom. The Morgan fingerprint density at radius 2 is 2.14 bits per heavy atom. The second kappa shape index (κ2) is 4.97. The minimum Gasteiger partial charge on any atom is -0.443 e. The highest BCUT2D eigenvalue weighted by atomic mass is 16.6. The first-order valence-corrected chi connectivity index (χ1v) is 7.95. The summed E-state index contributed by atoms with van der Waals surface area (Å²) < 4.78 is 5.48. The van der Waals surface area contributed by atoms with Gasteiger partial charge in [0.25, 0.3) is 0 Å². The van der Waals surface area contributed by atoms with Crippen molar-refractivity contribution in [3.63, 3.8) is 0 Å². The van der Waals surface area contributed by atoms with Gasteiger partial charge >= 0.3 is 6.09 Å². The zero-order chi connectivity index (χ0) is 15.3. The molecule has 2 aliphatic carbocycles. The molecule has 0 unspecified atom stereocenters. The number of ether oxygens (including phenoxy) is 1. The summed E-state index contributed by atoms with van der Waals surface area (Å²) in [6.45, 7) is 2.04. The van der Waals surface area contributed by atoms with Gasteiger partial charge < -0.3 is 4.74 Å². The van der Waals surface area contributed by atoms with E-state index in [-0.39, 0.29) is 29.9 Å². The van der Waals surface area contributed by atoms with E-state index in [1.807, 2.05) is 25.1 Å². The summed E-state index contributed by atoms with van der Waals surface area (Å²) in [7, 11) is 0. The van der Waals surface area contributed by atoms with Crippen molar-refractivity contribution < 1.29 is 14.3 Å². The van der Waals surface area contributed by atoms with Gasteiger partial charge in [0.1, 0.15) is 12.1 Å². The smallest absolute Gasteiger partial charge is 0.417 e. The van der Waals surface area contributed by atoms with E-state index in [1.165, 1.54) is 10.5 Å². The average Bonchev–Trinajstić information content (AvgIpc) is 3.01. The third-order valence-corrected chi connectivity index (χ3v) is 5.15. The highest BCUT2D eigenvalue weighted by Gasteiger charge is 2.51. The number of hydrogen-bond acceptors (Lipinski definition) is 3. The first kappa shape index (κ1) is 13.6. The fraction of sp³-hybridized carbons (Fsp3) is 0.444. The molecular weight excluding hydrogens is 278 g/mol. The SMILES string of the molecule is C[C@H]1C=CCC[C@H]1C(=O)N1C(=O)O[C@@H]2Cc3ccccc3[C@@H]21. The van der Waals surface area contributed by atoms with Crippen molar-refractivity contribution in [1.82, 2.24) is 4.90 Å². The fourth-order valence-electron chi connectivity index (χ4n) is 3.99. The highest BCUT2D eigenvalue weighted by Crippen LogP contribution is 2.44. The van der Waals surface area contributed by atoms with Gasteiger partial charge in [0, 0.05) is 12.3 Å². The molecule has 1 aromatic carbocycles. The van der Waals surface area contributed by atoms with E-state index >= 15 is 0 Å². The van der Waals surface area contributed by atoms with Crippen molar-refractivity contribution in [2.24, 2.45) is 11.8 Å². The maximum absolute atomic E-state index is 13.0. The van der Waals surface area contributed by atoms with Crippen LogP contribution in [0.1, 0.15) is 36.9 Å². The van der Waals surface area contributed by atoms with Crippen molar-refractivity contribution >= 4 is 12.0 Å². The maximum Gasteiger partial charge on any atom is 0.417 e. The molecule has 0 saturated carbocycles. The molecule has 1 aromatic rings. The predicted octanol–water partition coefficient (Wildman–Crippen LogP) is 3.23. The Kier molecular flexibility index (Phi) is 3.06. The first-order valence-electron chi connectivity index (χ1n) is 7.95. The molecule has 1 heterocycles. The zero-order valence-electron chi connectivity index (χ0n) is 12.6. The molecular formula is C18H19NO3. The van der Waals surface area contributed by atoms with Gasteiger partial charge in [0.2, 0.25) is 5.91 Å². The number of amides is 2. The molecule has 1 saturated heterocycles. The summed E-state index contributed by atoms with van der Waals surface area (Å²) >= 11 is 0. The van der Waals surface area contributed by atoms with E-state index in [0.717, 1.165) is 18.4 Å². The van der Waals surface area contributed by atoms with Gasteiger partial charge in [-0.05, 0) is 29.9 Å². The molecule has 4 atom stereocenters. The third-order valence-electron chi connectivity index (χ3n) is 5.15. The number of carbonyl (C=O) groups is 2. The van der Waals surface area contributed by atoms with Gasteiger partial charge in [-0.15, -0.1) is 0 Å². The molecule has 0 N–H and O–H groups in total. The lowest BCUT2D eigenvalue weighted by atomic mass is 9.84. The van der Waals surface area contributed by atoms with Crippen LogP contribution in [0, 0.1) is 11.8 Å². The third kappa shape index (κ3) is 1.90. The van der Waals surface area contributed by atoms with Crippen LogP contribution in [0.15, 0.2) is 36.4 Å². The zero-order valence-corrected chi connectivity index (χ0v) is 12.6. The lowest BCUT2D eigenvalue weighted by molar-refractivity contribution is -0.135. The molecule has 2 amide bonds. The first-order chi connectivity index (χ1) is 10.7. The molecule has 0 spiro atoms. The van der Waals surface area contributed by atoms with E-state index in [9.17, 15) is 9.59 Å². The number of carbonyl (C=O) groups excluding carboxylic acids is 2. The van der Waals surface area contributed by atoms with Crippen LogP contribution >= 0.6 is 0 Å². The second-order valence-corrected chi connectivity index (χ2v) is 6.45. The number of hydrogen-bond donors (Lipinski definition) is 0. The summed E-state index contributed by atoms with van der Waals surface area (Å²) in [6, 6.07) is 7.76. The van der Waals surface area contributed by atoms with E-state index in [1.54, 1.807) is 0 Å². The molecule has 4 heteroatoms. The van der Waals surface area contributed by atoms with Gasteiger partial charge in [-0.1, -0.05) is 43.3 Å². The second-order valence-electron chi connectivity index (χ2n) is 6.45. The van der Waals surface area contributed by atoms with Crippen molar-refractivity contribution in [3.05, 3.63) is 47.5 Å². The number of fused-ring (bicyclic) bond motifs is 3. The molecule has 1 fully saturated rings. The van der Waals surface area contributed by atoms with Gasteiger partial charge in [-0.2, -0.15) is 0 Å². The summed E-state index contributed by atoms with van der Waals surface area (Å²) in [5, 5.41) is 0. The molecule has 4 rings (SSSR count). The number of imide groups is 1.